The highest BCUT2D eigenvalue weighted by molar-refractivity contribution is 7.08. The summed E-state index contributed by atoms with van der Waals surface area (Å²) in [6.07, 6.45) is 6.40. The van der Waals surface area contributed by atoms with Gasteiger partial charge in [-0.2, -0.15) is 11.3 Å². The number of hydrogen-bond acceptors (Lipinski definition) is 8. The Morgan fingerprint density at radius 3 is 2.71 bits per heavy atom. The number of nitro groups is 1. The fourth-order valence-corrected chi connectivity index (χ4v) is 7.38. The van der Waals surface area contributed by atoms with E-state index in [1.54, 1.807) is 11.5 Å². The molecule has 14 heteroatoms. The standard InChI is InChI=1S/C28H43BN6O6S/c1-17(2)13-23(29-40-22-15-19-14-21(27(19,3)4)28(22,5)41-29)33-25(37)20(7-6-11-31-26(30)34-35(38)39)32-24(36)9-8-18-10-12-42-16-18/h8-10,12,16-17,19-23H,6-7,11,13-15H2,1-5H3,(H,32,36)(H,33,37)(H3,30,31,34)/t19-,20-,21-,22+,23-,28-/m0/s1. The predicted molar refractivity (Wildman–Crippen MR) is 163 cm³/mol. The number of nitrogens with one attached hydrogen (secondary N) is 3. The van der Waals surface area contributed by atoms with Crippen molar-refractivity contribution < 1.29 is 23.9 Å². The first-order valence-corrected chi connectivity index (χ1v) is 15.6. The Kier molecular flexibility index (Phi) is 9.99. The molecule has 4 fully saturated rings. The molecule has 4 aliphatic rings. The van der Waals surface area contributed by atoms with Gasteiger partial charge in [-0.15, -0.1) is 0 Å². The molecule has 12 nitrogen and oxygen atoms in total. The van der Waals surface area contributed by atoms with Crippen LogP contribution in [-0.4, -0.2) is 60.2 Å². The molecule has 2 bridgehead atoms. The fraction of sp³-hybridized carbons (Fsp3) is 0.679. The third kappa shape index (κ3) is 7.32. The SMILES string of the molecule is CC(C)C[C@H](NC(=O)[C@H](CCCN=C(N)N[N+](=O)[O-])NC(=O)C=Cc1ccsc1)B1O[C@@H]2C[C@@H]3C[C@@H](C3(C)C)[C@]2(C)O1. The molecule has 2 amide bonds. The van der Waals surface area contributed by atoms with Crippen molar-refractivity contribution in [3.8, 4) is 0 Å². The van der Waals surface area contributed by atoms with Gasteiger partial charge >= 0.3 is 7.12 Å². The quantitative estimate of drug-likeness (QED) is 0.0508. The van der Waals surface area contributed by atoms with Crippen LogP contribution in [0.3, 0.4) is 0 Å². The number of rotatable bonds is 13. The molecule has 3 aliphatic carbocycles. The van der Waals surface area contributed by atoms with Gasteiger partial charge in [0.2, 0.25) is 11.8 Å². The number of amides is 2. The molecular formula is C28H43BN6O6S. The second-order valence-corrected chi connectivity index (χ2v) is 13.6. The summed E-state index contributed by atoms with van der Waals surface area (Å²) in [7, 11) is -0.589. The number of hydrogen-bond donors (Lipinski definition) is 4. The van der Waals surface area contributed by atoms with Gasteiger partial charge in [0.25, 0.3) is 5.96 Å². The molecule has 5 rings (SSSR count). The first-order chi connectivity index (χ1) is 19.8. The van der Waals surface area contributed by atoms with Gasteiger partial charge in [-0.1, -0.05) is 33.1 Å². The van der Waals surface area contributed by atoms with Crippen LogP contribution in [0.4, 0.5) is 0 Å². The summed E-state index contributed by atoms with van der Waals surface area (Å²) in [5.74, 6) is -0.222. The Morgan fingerprint density at radius 2 is 2.07 bits per heavy atom. The minimum Gasteiger partial charge on any atom is -0.404 e. The number of nitrogens with zero attached hydrogens (tertiary/aromatic N) is 2. The lowest BCUT2D eigenvalue weighted by Gasteiger charge is -2.64. The zero-order valence-electron chi connectivity index (χ0n) is 25.0. The van der Waals surface area contributed by atoms with E-state index in [2.05, 4.69) is 50.2 Å². The maximum absolute atomic E-state index is 13.7. The van der Waals surface area contributed by atoms with Crippen molar-refractivity contribution in [1.82, 2.24) is 16.1 Å². The molecule has 2 heterocycles. The van der Waals surface area contributed by atoms with E-state index in [1.807, 2.05) is 16.8 Å². The Labute approximate surface area is 251 Å². The lowest BCUT2D eigenvalue weighted by atomic mass is 9.43. The van der Waals surface area contributed by atoms with Gasteiger partial charge in [0, 0.05) is 12.6 Å². The van der Waals surface area contributed by atoms with Crippen molar-refractivity contribution in [3.63, 3.8) is 0 Å². The molecule has 1 aromatic rings. The third-order valence-electron chi connectivity index (χ3n) is 9.09. The van der Waals surface area contributed by atoms with Crippen LogP contribution in [0.1, 0.15) is 72.3 Å². The molecule has 3 saturated carbocycles. The molecule has 230 valence electrons. The number of carbonyl (C=O) groups is 2. The molecule has 0 spiro atoms. The first-order valence-electron chi connectivity index (χ1n) is 14.6. The Bertz CT molecular complexity index is 1190. The van der Waals surface area contributed by atoms with Crippen molar-refractivity contribution in [1.29, 1.82) is 0 Å². The molecule has 0 aromatic carbocycles. The number of nitrogens with two attached hydrogens (primary N) is 1. The molecule has 1 aromatic heterocycles. The van der Waals surface area contributed by atoms with Crippen LogP contribution < -0.4 is 21.8 Å². The normalized spacial score (nSPS) is 27.7. The lowest BCUT2D eigenvalue weighted by Crippen LogP contribution is -2.65. The van der Waals surface area contributed by atoms with Crippen LogP contribution >= 0.6 is 11.3 Å². The fourth-order valence-electron chi connectivity index (χ4n) is 6.75. The summed E-state index contributed by atoms with van der Waals surface area (Å²) < 4.78 is 13.2. The van der Waals surface area contributed by atoms with Crippen molar-refractivity contribution in [2.24, 2.45) is 33.9 Å². The van der Waals surface area contributed by atoms with Gasteiger partial charge in [0.05, 0.1) is 17.6 Å². The number of thiophene rings is 1. The minimum absolute atomic E-state index is 0.0142. The molecule has 1 saturated heterocycles. The topological polar surface area (TPSA) is 170 Å². The van der Waals surface area contributed by atoms with E-state index in [4.69, 9.17) is 15.0 Å². The van der Waals surface area contributed by atoms with Crippen LogP contribution in [0.5, 0.6) is 0 Å². The van der Waals surface area contributed by atoms with E-state index in [0.29, 0.717) is 24.7 Å². The Balaban J connectivity index is 1.44. The van der Waals surface area contributed by atoms with E-state index in [-0.39, 0.29) is 42.3 Å². The summed E-state index contributed by atoms with van der Waals surface area (Å²) >= 11 is 1.52. The second-order valence-electron chi connectivity index (χ2n) is 12.8. The summed E-state index contributed by atoms with van der Waals surface area (Å²) in [4.78, 5) is 41.0. The molecule has 0 unspecified atom stereocenters. The largest absolute Gasteiger partial charge is 0.481 e. The molecule has 1 aliphatic heterocycles. The van der Waals surface area contributed by atoms with E-state index >= 15 is 0 Å². The van der Waals surface area contributed by atoms with Gasteiger partial charge in [-0.25, -0.2) is 15.1 Å². The highest BCUT2D eigenvalue weighted by Gasteiger charge is 2.68. The van der Waals surface area contributed by atoms with E-state index in [9.17, 15) is 19.7 Å². The summed E-state index contributed by atoms with van der Waals surface area (Å²) in [6.45, 7) is 11.1. The zero-order valence-corrected chi connectivity index (χ0v) is 25.8. The number of hydrazine groups is 1. The van der Waals surface area contributed by atoms with E-state index < -0.39 is 35.6 Å². The monoisotopic (exact) mass is 602 g/mol. The minimum atomic E-state index is -0.870. The van der Waals surface area contributed by atoms with Crippen LogP contribution in [0, 0.1) is 33.3 Å². The summed E-state index contributed by atoms with van der Waals surface area (Å²) in [5.41, 5.74) is 7.98. The van der Waals surface area contributed by atoms with Crippen molar-refractivity contribution in [2.75, 3.05) is 6.54 Å². The lowest BCUT2D eigenvalue weighted by molar-refractivity contribution is -0.525. The number of aliphatic imine (C=N–C) groups is 1. The van der Waals surface area contributed by atoms with Gasteiger partial charge in [0.15, 0.2) is 5.03 Å². The van der Waals surface area contributed by atoms with Gasteiger partial charge in [0.1, 0.15) is 6.04 Å². The maximum Gasteiger partial charge on any atom is 0.481 e. The summed E-state index contributed by atoms with van der Waals surface area (Å²) in [6, 6.07) is 1.02. The van der Waals surface area contributed by atoms with Crippen molar-refractivity contribution in [2.45, 2.75) is 90.4 Å². The highest BCUT2D eigenvalue weighted by atomic mass is 32.1. The number of guanidine groups is 1. The summed E-state index contributed by atoms with van der Waals surface area (Å²) in [5, 5.41) is 19.5. The van der Waals surface area contributed by atoms with Crippen molar-refractivity contribution >= 4 is 42.3 Å². The molecular weight excluding hydrogens is 559 g/mol. The van der Waals surface area contributed by atoms with E-state index in [1.165, 1.54) is 17.4 Å². The van der Waals surface area contributed by atoms with Crippen molar-refractivity contribution in [3.05, 3.63) is 38.6 Å². The zero-order chi connectivity index (χ0) is 30.7. The van der Waals surface area contributed by atoms with Gasteiger partial charge < -0.3 is 25.7 Å². The highest BCUT2D eigenvalue weighted by Crippen LogP contribution is 2.65. The molecule has 5 N–H and O–H groups in total. The Morgan fingerprint density at radius 1 is 1.31 bits per heavy atom. The Hall–Kier alpha value is -2.97. The van der Waals surface area contributed by atoms with Gasteiger partial charge in [-0.05, 0) is 90.7 Å². The molecule has 42 heavy (non-hydrogen) atoms. The molecule has 6 atom stereocenters. The first kappa shape index (κ1) is 32.0. The van der Waals surface area contributed by atoms with Crippen LogP contribution in [0.25, 0.3) is 6.08 Å². The van der Waals surface area contributed by atoms with E-state index in [0.717, 1.165) is 18.4 Å². The average Bonchev–Trinajstić information content (AvgIpc) is 3.55. The van der Waals surface area contributed by atoms with Gasteiger partial charge in [-0.3, -0.25) is 9.59 Å². The smallest absolute Gasteiger partial charge is 0.404 e. The number of carbonyl (C=O) groups excluding carboxylic acids is 2. The molecule has 0 radical (unpaired) electrons. The third-order valence-corrected chi connectivity index (χ3v) is 9.79. The maximum atomic E-state index is 13.7. The average molecular weight is 603 g/mol. The van der Waals surface area contributed by atoms with Crippen LogP contribution in [-0.2, 0) is 18.9 Å². The second kappa shape index (κ2) is 13.1. The van der Waals surface area contributed by atoms with Crippen LogP contribution in [0.15, 0.2) is 27.9 Å². The predicted octanol–water partition coefficient (Wildman–Crippen LogP) is 2.92. The van der Waals surface area contributed by atoms with Crippen LogP contribution in [0.2, 0.25) is 0 Å².